The van der Waals surface area contributed by atoms with Gasteiger partial charge < -0.3 is 9.47 Å². The third kappa shape index (κ3) is 3.40. The molecule has 1 N–H and O–H groups in total. The van der Waals surface area contributed by atoms with Gasteiger partial charge in [0.15, 0.2) is 5.82 Å². The summed E-state index contributed by atoms with van der Waals surface area (Å²) in [5.74, 6) is -0.137. The zero-order valence-corrected chi connectivity index (χ0v) is 12.1. The van der Waals surface area contributed by atoms with Crippen LogP contribution < -0.4 is 14.2 Å². The normalized spacial score (nSPS) is 11.0. The molecule has 0 atom stereocenters. The Morgan fingerprint density at radius 3 is 2.29 bits per heavy atom. The summed E-state index contributed by atoms with van der Waals surface area (Å²) in [6.45, 7) is 0. The molecule has 0 bridgehead atoms. The van der Waals surface area contributed by atoms with Gasteiger partial charge in [0.1, 0.15) is 11.5 Å². The average molecular weight is 312 g/mol. The van der Waals surface area contributed by atoms with Crippen LogP contribution in [0, 0.1) is 5.82 Å². The average Bonchev–Trinajstić information content (AvgIpc) is 2.46. The van der Waals surface area contributed by atoms with Crippen molar-refractivity contribution >= 4 is 15.7 Å². The fraction of sp³-hybridized carbons (Fsp3) is 0.154. The molecule has 112 valence electrons. The Labute approximate surface area is 121 Å². The lowest BCUT2D eigenvalue weighted by molar-refractivity contribution is 0.395. The Kier molecular flexibility index (Phi) is 4.27. The smallest absolute Gasteiger partial charge is 0.282 e. The van der Waals surface area contributed by atoms with Crippen molar-refractivity contribution in [2.75, 3.05) is 18.9 Å². The van der Waals surface area contributed by atoms with Gasteiger partial charge in [-0.25, -0.2) is 9.37 Å². The molecule has 0 saturated heterocycles. The Hall–Kier alpha value is -2.35. The van der Waals surface area contributed by atoms with E-state index in [1.54, 1.807) is 6.07 Å². The topological polar surface area (TPSA) is 77.5 Å². The van der Waals surface area contributed by atoms with Crippen molar-refractivity contribution in [1.82, 2.24) is 4.98 Å². The monoisotopic (exact) mass is 312 g/mol. The summed E-state index contributed by atoms with van der Waals surface area (Å²) in [7, 11) is -1.27. The quantitative estimate of drug-likeness (QED) is 0.914. The molecule has 2 aromatic rings. The van der Waals surface area contributed by atoms with Gasteiger partial charge in [-0.05, 0) is 12.1 Å². The number of anilines is 1. The van der Waals surface area contributed by atoms with Crippen LogP contribution in [0.4, 0.5) is 10.1 Å². The molecule has 21 heavy (non-hydrogen) atoms. The predicted molar refractivity (Wildman–Crippen MR) is 74.5 cm³/mol. The molecular weight excluding hydrogens is 299 g/mol. The highest BCUT2D eigenvalue weighted by Crippen LogP contribution is 2.27. The van der Waals surface area contributed by atoms with E-state index in [1.807, 2.05) is 0 Å². The van der Waals surface area contributed by atoms with Gasteiger partial charge in [0.25, 0.3) is 10.0 Å². The van der Waals surface area contributed by atoms with E-state index in [2.05, 4.69) is 9.71 Å². The number of nitrogens with zero attached hydrogens (tertiary/aromatic N) is 1. The summed E-state index contributed by atoms with van der Waals surface area (Å²) in [5, 5.41) is -0.674. The highest BCUT2D eigenvalue weighted by molar-refractivity contribution is 7.92. The van der Waals surface area contributed by atoms with Gasteiger partial charge in [-0.1, -0.05) is 0 Å². The molecule has 1 heterocycles. The third-order valence-electron chi connectivity index (χ3n) is 2.58. The number of ether oxygens (including phenoxy) is 2. The molecule has 8 heteroatoms. The van der Waals surface area contributed by atoms with Crippen LogP contribution in [0.25, 0.3) is 0 Å². The zero-order chi connectivity index (χ0) is 15.5. The highest BCUT2D eigenvalue weighted by atomic mass is 32.2. The van der Waals surface area contributed by atoms with Crippen LogP contribution >= 0.6 is 0 Å². The Bertz CT molecular complexity index is 727. The first kappa shape index (κ1) is 15.0. The number of rotatable bonds is 5. The summed E-state index contributed by atoms with van der Waals surface area (Å²) in [6.07, 6.45) is 1.20. The number of benzene rings is 1. The lowest BCUT2D eigenvalue weighted by Gasteiger charge is -2.11. The van der Waals surface area contributed by atoms with Gasteiger partial charge in [-0.15, -0.1) is 0 Å². The van der Waals surface area contributed by atoms with E-state index in [9.17, 15) is 12.8 Å². The summed E-state index contributed by atoms with van der Waals surface area (Å²) < 4.78 is 50.1. The van der Waals surface area contributed by atoms with Gasteiger partial charge in [0, 0.05) is 24.4 Å². The van der Waals surface area contributed by atoms with Crippen molar-refractivity contribution in [3.05, 3.63) is 42.3 Å². The van der Waals surface area contributed by atoms with Gasteiger partial charge in [-0.2, -0.15) is 8.42 Å². The highest BCUT2D eigenvalue weighted by Gasteiger charge is 2.21. The minimum atomic E-state index is -4.14. The van der Waals surface area contributed by atoms with Gasteiger partial charge in [-0.3, -0.25) is 4.72 Å². The van der Waals surface area contributed by atoms with E-state index in [0.717, 1.165) is 6.07 Å². The number of methoxy groups -OCH3 is 2. The molecule has 0 aliphatic rings. The van der Waals surface area contributed by atoms with Gasteiger partial charge in [0.2, 0.25) is 5.03 Å². The fourth-order valence-electron chi connectivity index (χ4n) is 1.64. The van der Waals surface area contributed by atoms with E-state index in [-0.39, 0.29) is 5.69 Å². The van der Waals surface area contributed by atoms with Crippen LogP contribution in [0.5, 0.6) is 11.5 Å². The van der Waals surface area contributed by atoms with Crippen LogP contribution in [-0.4, -0.2) is 27.6 Å². The molecule has 0 aliphatic carbocycles. The molecular formula is C13H13FN2O4S. The maximum atomic E-state index is 13.5. The van der Waals surface area contributed by atoms with Crippen molar-refractivity contribution < 1.29 is 22.3 Å². The van der Waals surface area contributed by atoms with Crippen LogP contribution in [0.15, 0.2) is 41.6 Å². The molecule has 0 aliphatic heterocycles. The van der Waals surface area contributed by atoms with Crippen molar-refractivity contribution in [2.24, 2.45) is 0 Å². The van der Waals surface area contributed by atoms with Gasteiger partial charge >= 0.3 is 0 Å². The first-order valence-electron chi connectivity index (χ1n) is 5.82. The second-order valence-electron chi connectivity index (χ2n) is 4.00. The molecule has 0 fully saturated rings. The number of hydrogen-bond acceptors (Lipinski definition) is 5. The third-order valence-corrected chi connectivity index (χ3v) is 3.90. The Balaban J connectivity index is 2.39. The number of pyridine rings is 1. The molecule has 0 amide bonds. The first-order valence-corrected chi connectivity index (χ1v) is 7.31. The summed E-state index contributed by atoms with van der Waals surface area (Å²) >= 11 is 0. The molecule has 2 rings (SSSR count). The molecule has 0 saturated carbocycles. The maximum absolute atomic E-state index is 13.5. The van der Waals surface area contributed by atoms with Crippen LogP contribution in [0.2, 0.25) is 0 Å². The largest absolute Gasteiger partial charge is 0.497 e. The number of sulfonamides is 1. The predicted octanol–water partition coefficient (Wildman–Crippen LogP) is 2.04. The van der Waals surface area contributed by atoms with Crippen molar-refractivity contribution in [3.8, 4) is 11.5 Å². The first-order chi connectivity index (χ1) is 9.96. The number of halogens is 1. The number of nitrogens with one attached hydrogen (secondary N) is 1. The molecule has 6 nitrogen and oxygen atoms in total. The second kappa shape index (κ2) is 5.96. The SMILES string of the molecule is COc1cc(NS(=O)(=O)c2ncccc2F)cc(OC)c1. The minimum absolute atomic E-state index is 0.177. The summed E-state index contributed by atoms with van der Waals surface area (Å²) in [4.78, 5) is 3.54. The zero-order valence-electron chi connectivity index (χ0n) is 11.3. The van der Waals surface area contributed by atoms with Crippen molar-refractivity contribution in [2.45, 2.75) is 5.03 Å². The lowest BCUT2D eigenvalue weighted by atomic mass is 10.3. The summed E-state index contributed by atoms with van der Waals surface area (Å²) in [5.41, 5.74) is 0.177. The van der Waals surface area contributed by atoms with Gasteiger partial charge in [0.05, 0.1) is 19.9 Å². The minimum Gasteiger partial charge on any atom is -0.497 e. The lowest BCUT2D eigenvalue weighted by Crippen LogP contribution is -2.16. The van der Waals surface area contributed by atoms with E-state index in [0.29, 0.717) is 11.5 Å². The van der Waals surface area contributed by atoms with Crippen LogP contribution in [0.3, 0.4) is 0 Å². The van der Waals surface area contributed by atoms with E-state index < -0.39 is 20.9 Å². The van der Waals surface area contributed by atoms with Crippen LogP contribution in [0.1, 0.15) is 0 Å². The second-order valence-corrected chi connectivity index (χ2v) is 5.59. The van der Waals surface area contributed by atoms with E-state index in [1.165, 1.54) is 38.6 Å². The van der Waals surface area contributed by atoms with E-state index >= 15 is 0 Å². The molecule has 1 aromatic heterocycles. The molecule has 0 radical (unpaired) electrons. The standard InChI is InChI=1S/C13H13FN2O4S/c1-19-10-6-9(7-11(8-10)20-2)16-21(17,18)13-12(14)4-3-5-15-13/h3-8,16H,1-2H3. The number of hydrogen-bond donors (Lipinski definition) is 1. The van der Waals surface area contributed by atoms with Crippen molar-refractivity contribution in [1.29, 1.82) is 0 Å². The Morgan fingerprint density at radius 1 is 1.14 bits per heavy atom. The fourth-order valence-corrected chi connectivity index (χ4v) is 2.69. The maximum Gasteiger partial charge on any atom is 0.282 e. The number of aromatic nitrogens is 1. The molecule has 0 unspecified atom stereocenters. The Morgan fingerprint density at radius 2 is 1.76 bits per heavy atom. The van der Waals surface area contributed by atoms with Crippen LogP contribution in [-0.2, 0) is 10.0 Å². The van der Waals surface area contributed by atoms with E-state index in [4.69, 9.17) is 9.47 Å². The molecule has 1 aromatic carbocycles. The molecule has 0 spiro atoms. The summed E-state index contributed by atoms with van der Waals surface area (Å²) in [6, 6.07) is 6.80. The van der Waals surface area contributed by atoms with Crippen molar-refractivity contribution in [3.63, 3.8) is 0 Å².